The molecule has 23 heavy (non-hydrogen) atoms. The van der Waals surface area contributed by atoms with E-state index < -0.39 is 0 Å². The van der Waals surface area contributed by atoms with Crippen LogP contribution < -0.4 is 4.74 Å². The van der Waals surface area contributed by atoms with E-state index in [0.717, 1.165) is 23.8 Å². The average Bonchev–Trinajstić information content (AvgIpc) is 3.38. The van der Waals surface area contributed by atoms with Gasteiger partial charge < -0.3 is 9.64 Å². The third kappa shape index (κ3) is 3.76. The molecular formula is C21H25NO. The molecule has 4 rings (SSSR count). The standard InChI is InChI=1S/C21H25NO/c1-16-2-7-20(8-3-16)23-21-9-6-18-10-12-22(15-17-4-5-17)13-11-19(18)14-21/h2-3,6-9,14,17H,4-5,10-13,15H2,1H3. The van der Waals surface area contributed by atoms with Gasteiger partial charge in [-0.3, -0.25) is 0 Å². The number of hydrogen-bond acceptors (Lipinski definition) is 2. The highest BCUT2D eigenvalue weighted by Gasteiger charge is 2.25. The zero-order chi connectivity index (χ0) is 15.6. The Morgan fingerprint density at radius 2 is 1.61 bits per heavy atom. The molecule has 1 heterocycles. The molecule has 1 fully saturated rings. The summed E-state index contributed by atoms with van der Waals surface area (Å²) in [6, 6.07) is 14.9. The fraction of sp³-hybridized carbons (Fsp3) is 0.429. The van der Waals surface area contributed by atoms with Crippen LogP contribution >= 0.6 is 0 Å². The quantitative estimate of drug-likeness (QED) is 0.818. The van der Waals surface area contributed by atoms with E-state index in [4.69, 9.17) is 4.74 Å². The van der Waals surface area contributed by atoms with Crippen molar-refractivity contribution in [1.82, 2.24) is 4.90 Å². The molecule has 0 unspecified atom stereocenters. The van der Waals surface area contributed by atoms with E-state index >= 15 is 0 Å². The molecule has 0 radical (unpaired) electrons. The fourth-order valence-electron chi connectivity index (χ4n) is 3.40. The lowest BCUT2D eigenvalue weighted by atomic mass is 10.0. The Bertz CT molecular complexity index is 673. The molecule has 1 aliphatic carbocycles. The SMILES string of the molecule is Cc1ccc(Oc2ccc3c(c2)CCN(CC2CC2)CC3)cc1. The molecule has 1 saturated carbocycles. The number of fused-ring (bicyclic) bond motifs is 1. The van der Waals surface area contributed by atoms with Crippen LogP contribution in [0.25, 0.3) is 0 Å². The monoisotopic (exact) mass is 307 g/mol. The van der Waals surface area contributed by atoms with Gasteiger partial charge in [0.05, 0.1) is 0 Å². The summed E-state index contributed by atoms with van der Waals surface area (Å²) in [6.07, 6.45) is 5.20. The van der Waals surface area contributed by atoms with Crippen LogP contribution in [-0.2, 0) is 12.8 Å². The molecule has 0 aromatic heterocycles. The van der Waals surface area contributed by atoms with E-state index in [-0.39, 0.29) is 0 Å². The summed E-state index contributed by atoms with van der Waals surface area (Å²) >= 11 is 0. The Hall–Kier alpha value is -1.80. The Morgan fingerprint density at radius 1 is 0.913 bits per heavy atom. The maximum absolute atomic E-state index is 6.03. The number of hydrogen-bond donors (Lipinski definition) is 0. The number of ether oxygens (including phenoxy) is 1. The highest BCUT2D eigenvalue weighted by molar-refractivity contribution is 5.39. The molecule has 2 aromatic rings. The maximum Gasteiger partial charge on any atom is 0.127 e. The van der Waals surface area contributed by atoms with Crippen LogP contribution in [0.15, 0.2) is 42.5 Å². The second kappa shape index (κ2) is 6.37. The van der Waals surface area contributed by atoms with Gasteiger partial charge in [0.1, 0.15) is 11.5 Å². The van der Waals surface area contributed by atoms with Gasteiger partial charge in [-0.15, -0.1) is 0 Å². The van der Waals surface area contributed by atoms with Crippen LogP contribution in [0, 0.1) is 12.8 Å². The summed E-state index contributed by atoms with van der Waals surface area (Å²) in [7, 11) is 0. The summed E-state index contributed by atoms with van der Waals surface area (Å²) in [5, 5.41) is 0. The summed E-state index contributed by atoms with van der Waals surface area (Å²) < 4.78 is 6.03. The number of rotatable bonds is 4. The van der Waals surface area contributed by atoms with E-state index in [1.807, 2.05) is 12.1 Å². The normalized spacial score (nSPS) is 18.3. The molecule has 0 atom stereocenters. The van der Waals surface area contributed by atoms with Crippen LogP contribution in [0.4, 0.5) is 0 Å². The van der Waals surface area contributed by atoms with Crippen LogP contribution in [-0.4, -0.2) is 24.5 Å². The minimum absolute atomic E-state index is 0.916. The fourth-order valence-corrected chi connectivity index (χ4v) is 3.40. The van der Waals surface area contributed by atoms with Crippen molar-refractivity contribution in [2.75, 3.05) is 19.6 Å². The van der Waals surface area contributed by atoms with E-state index in [9.17, 15) is 0 Å². The topological polar surface area (TPSA) is 12.5 Å². The van der Waals surface area contributed by atoms with Gasteiger partial charge >= 0.3 is 0 Å². The highest BCUT2D eigenvalue weighted by atomic mass is 16.5. The lowest BCUT2D eigenvalue weighted by Gasteiger charge is -2.18. The van der Waals surface area contributed by atoms with Crippen molar-refractivity contribution in [1.29, 1.82) is 0 Å². The average molecular weight is 307 g/mol. The van der Waals surface area contributed by atoms with E-state index in [0.29, 0.717) is 0 Å². The number of nitrogens with zero attached hydrogens (tertiary/aromatic N) is 1. The summed E-state index contributed by atoms with van der Waals surface area (Å²) in [6.45, 7) is 5.80. The van der Waals surface area contributed by atoms with Gasteiger partial charge in [0.2, 0.25) is 0 Å². The molecule has 2 heteroatoms. The first-order chi connectivity index (χ1) is 11.3. The largest absolute Gasteiger partial charge is 0.457 e. The maximum atomic E-state index is 6.03. The van der Waals surface area contributed by atoms with Crippen LogP contribution in [0.1, 0.15) is 29.5 Å². The summed E-state index contributed by atoms with van der Waals surface area (Å²) in [4.78, 5) is 2.65. The van der Waals surface area contributed by atoms with Crippen molar-refractivity contribution in [3.63, 3.8) is 0 Å². The van der Waals surface area contributed by atoms with Gasteiger partial charge in [0, 0.05) is 19.6 Å². The lowest BCUT2D eigenvalue weighted by Crippen LogP contribution is -2.28. The van der Waals surface area contributed by atoms with E-state index in [2.05, 4.69) is 42.2 Å². The van der Waals surface area contributed by atoms with E-state index in [1.165, 1.54) is 55.6 Å². The molecule has 2 aromatic carbocycles. The van der Waals surface area contributed by atoms with Crippen molar-refractivity contribution in [3.05, 3.63) is 59.2 Å². The van der Waals surface area contributed by atoms with Gasteiger partial charge in [-0.2, -0.15) is 0 Å². The van der Waals surface area contributed by atoms with Crippen molar-refractivity contribution in [2.45, 2.75) is 32.6 Å². The van der Waals surface area contributed by atoms with Crippen molar-refractivity contribution in [2.24, 2.45) is 5.92 Å². The van der Waals surface area contributed by atoms with Crippen molar-refractivity contribution < 1.29 is 4.74 Å². The number of benzene rings is 2. The first-order valence-corrected chi connectivity index (χ1v) is 8.85. The molecule has 1 aliphatic heterocycles. The predicted octanol–water partition coefficient (Wildman–Crippen LogP) is 4.60. The van der Waals surface area contributed by atoms with Crippen LogP contribution in [0.5, 0.6) is 11.5 Å². The van der Waals surface area contributed by atoms with Crippen molar-refractivity contribution >= 4 is 0 Å². The molecular weight excluding hydrogens is 282 g/mol. The molecule has 0 bridgehead atoms. The van der Waals surface area contributed by atoms with Crippen LogP contribution in [0.3, 0.4) is 0 Å². The Balaban J connectivity index is 1.45. The molecule has 0 N–H and O–H groups in total. The van der Waals surface area contributed by atoms with Gasteiger partial charge in [-0.1, -0.05) is 23.8 Å². The molecule has 2 nitrogen and oxygen atoms in total. The molecule has 0 amide bonds. The molecule has 120 valence electrons. The smallest absolute Gasteiger partial charge is 0.127 e. The Kier molecular flexibility index (Phi) is 4.09. The third-order valence-corrected chi connectivity index (χ3v) is 5.04. The second-order valence-electron chi connectivity index (χ2n) is 7.09. The summed E-state index contributed by atoms with van der Waals surface area (Å²) in [5.74, 6) is 2.86. The van der Waals surface area contributed by atoms with Gasteiger partial charge in [-0.25, -0.2) is 0 Å². The summed E-state index contributed by atoms with van der Waals surface area (Å²) in [5.41, 5.74) is 4.22. The lowest BCUT2D eigenvalue weighted by molar-refractivity contribution is 0.276. The van der Waals surface area contributed by atoms with Crippen LogP contribution in [0.2, 0.25) is 0 Å². The number of aryl methyl sites for hydroxylation is 1. The zero-order valence-electron chi connectivity index (χ0n) is 13.9. The second-order valence-corrected chi connectivity index (χ2v) is 7.09. The van der Waals surface area contributed by atoms with E-state index in [1.54, 1.807) is 0 Å². The first-order valence-electron chi connectivity index (χ1n) is 8.85. The molecule has 0 spiro atoms. The predicted molar refractivity (Wildman–Crippen MR) is 94.3 cm³/mol. The minimum Gasteiger partial charge on any atom is -0.457 e. The Labute approximate surface area is 139 Å². The zero-order valence-corrected chi connectivity index (χ0v) is 13.9. The highest BCUT2D eigenvalue weighted by Crippen LogP contribution is 2.31. The van der Waals surface area contributed by atoms with Gasteiger partial charge in [0.25, 0.3) is 0 Å². The third-order valence-electron chi connectivity index (χ3n) is 5.04. The first kappa shape index (κ1) is 14.8. The molecule has 2 aliphatic rings. The molecule has 0 saturated heterocycles. The Morgan fingerprint density at radius 3 is 2.35 bits per heavy atom. The minimum atomic E-state index is 0.916. The van der Waals surface area contributed by atoms with Crippen molar-refractivity contribution in [3.8, 4) is 11.5 Å². The van der Waals surface area contributed by atoms with Gasteiger partial charge in [0.15, 0.2) is 0 Å². The van der Waals surface area contributed by atoms with Gasteiger partial charge in [-0.05, 0) is 73.9 Å².